The third kappa shape index (κ3) is 2.54. The van der Waals surface area contributed by atoms with Gasteiger partial charge in [-0.1, -0.05) is 0 Å². The number of benzene rings is 1. The highest BCUT2D eigenvalue weighted by molar-refractivity contribution is 14.1. The number of rotatable bonds is 2. The molecule has 0 radical (unpaired) electrons. The lowest BCUT2D eigenvalue weighted by atomic mass is 10.2. The van der Waals surface area contributed by atoms with Crippen LogP contribution in [-0.4, -0.2) is 17.6 Å². The predicted octanol–water partition coefficient (Wildman–Crippen LogP) is 2.44. The molecule has 0 atom stereocenters. The van der Waals surface area contributed by atoms with Gasteiger partial charge in [-0.2, -0.15) is 0 Å². The summed E-state index contributed by atoms with van der Waals surface area (Å²) in [6, 6.07) is 6.08. The van der Waals surface area contributed by atoms with Crippen molar-refractivity contribution in [2.45, 2.75) is 0 Å². The molecule has 1 saturated heterocycles. The summed E-state index contributed by atoms with van der Waals surface area (Å²) in [6.07, 6.45) is -0.476. The maximum Gasteiger partial charge on any atom is 0.412 e. The van der Waals surface area contributed by atoms with Gasteiger partial charge in [0.05, 0.1) is 15.0 Å². The van der Waals surface area contributed by atoms with E-state index in [0.29, 0.717) is 12.3 Å². The largest absolute Gasteiger partial charge is 0.412 e. The Morgan fingerprint density at radius 2 is 2.06 bits per heavy atom. The molecule has 1 amide bonds. The highest BCUT2D eigenvalue weighted by atomic mass is 127. The van der Waals surface area contributed by atoms with E-state index in [0.717, 1.165) is 9.14 Å². The van der Waals surface area contributed by atoms with Crippen molar-refractivity contribution in [3.8, 4) is 0 Å². The van der Waals surface area contributed by atoms with Crippen LogP contribution in [0.4, 0.5) is 10.5 Å². The van der Waals surface area contributed by atoms with Gasteiger partial charge in [0.1, 0.15) is 5.76 Å². The second-order valence-electron chi connectivity index (χ2n) is 3.28. The van der Waals surface area contributed by atoms with Gasteiger partial charge >= 0.3 is 6.09 Å². The molecule has 88 valence electrons. The molecule has 1 N–H and O–H groups in total. The van der Waals surface area contributed by atoms with Crippen molar-refractivity contribution in [2.75, 3.05) is 6.54 Å². The van der Waals surface area contributed by atoms with E-state index in [2.05, 4.69) is 5.32 Å². The maximum absolute atomic E-state index is 10.9. The molecule has 0 aromatic heterocycles. The Morgan fingerprint density at radius 3 is 2.53 bits per heavy atom. The van der Waals surface area contributed by atoms with Crippen LogP contribution in [0.2, 0.25) is 0 Å². The number of hydrogen-bond acceptors (Lipinski definition) is 4. The molecule has 0 unspecified atom stereocenters. The summed E-state index contributed by atoms with van der Waals surface area (Å²) in [4.78, 5) is 20.9. The number of alkyl carbamates (subject to hydrolysis) is 1. The first-order valence-corrected chi connectivity index (χ1v) is 5.75. The molecule has 7 heteroatoms. The van der Waals surface area contributed by atoms with Crippen LogP contribution in [0.1, 0.15) is 5.56 Å². The lowest BCUT2D eigenvalue weighted by Gasteiger charge is -2.02. The number of amides is 1. The molecule has 1 fully saturated rings. The first kappa shape index (κ1) is 11.8. The van der Waals surface area contributed by atoms with Crippen molar-refractivity contribution < 1.29 is 14.5 Å². The lowest BCUT2D eigenvalue weighted by Crippen LogP contribution is -2.11. The topological polar surface area (TPSA) is 81.5 Å². The van der Waals surface area contributed by atoms with Crippen molar-refractivity contribution >= 4 is 38.0 Å². The van der Waals surface area contributed by atoms with Gasteiger partial charge in [-0.15, -0.1) is 0 Å². The fourth-order valence-electron chi connectivity index (χ4n) is 1.35. The van der Waals surface area contributed by atoms with Crippen LogP contribution >= 0.6 is 22.6 Å². The zero-order valence-corrected chi connectivity index (χ0v) is 10.6. The molecule has 2 rings (SSSR count). The van der Waals surface area contributed by atoms with E-state index in [1.165, 1.54) is 12.1 Å². The van der Waals surface area contributed by atoms with Gasteiger partial charge in [-0.25, -0.2) is 4.79 Å². The Hall–Kier alpha value is -1.64. The number of nitro groups is 1. The highest BCUT2D eigenvalue weighted by Gasteiger charge is 2.20. The molecule has 1 aliphatic heterocycles. The van der Waals surface area contributed by atoms with Crippen molar-refractivity contribution in [2.24, 2.45) is 0 Å². The first-order valence-electron chi connectivity index (χ1n) is 4.67. The van der Waals surface area contributed by atoms with Gasteiger partial charge in [-0.3, -0.25) is 10.1 Å². The van der Waals surface area contributed by atoms with Gasteiger partial charge in [0.15, 0.2) is 0 Å². The van der Waals surface area contributed by atoms with E-state index in [-0.39, 0.29) is 5.69 Å². The normalized spacial score (nSPS) is 17.4. The monoisotopic (exact) mass is 346 g/mol. The predicted molar refractivity (Wildman–Crippen MR) is 68.5 cm³/mol. The quantitative estimate of drug-likeness (QED) is 0.507. The molecule has 0 bridgehead atoms. The van der Waals surface area contributed by atoms with Crippen LogP contribution in [-0.2, 0) is 4.74 Å². The number of ether oxygens (including phenoxy) is 1. The van der Waals surface area contributed by atoms with E-state index < -0.39 is 11.0 Å². The van der Waals surface area contributed by atoms with E-state index in [9.17, 15) is 14.9 Å². The summed E-state index contributed by atoms with van der Waals surface area (Å²) in [5.74, 6) is 0.532. The van der Waals surface area contributed by atoms with Gasteiger partial charge in [0, 0.05) is 12.1 Å². The van der Waals surface area contributed by atoms with Crippen molar-refractivity contribution in [3.05, 3.63) is 45.7 Å². The number of hydrogen-bond donors (Lipinski definition) is 1. The summed E-state index contributed by atoms with van der Waals surface area (Å²) < 4.78 is 5.70. The van der Waals surface area contributed by atoms with Gasteiger partial charge in [0.25, 0.3) is 5.69 Å². The van der Waals surface area contributed by atoms with Gasteiger partial charge in [0.2, 0.25) is 0 Å². The number of non-ortho nitro benzene ring substituents is 1. The second kappa shape index (κ2) is 4.70. The van der Waals surface area contributed by atoms with Crippen molar-refractivity contribution in [3.63, 3.8) is 0 Å². The zero-order chi connectivity index (χ0) is 12.4. The summed E-state index contributed by atoms with van der Waals surface area (Å²) in [5.41, 5.74) is 0.812. The fourth-order valence-corrected chi connectivity index (χ4v) is 2.01. The third-order valence-corrected chi connectivity index (χ3v) is 3.41. The average Bonchev–Trinajstić information content (AvgIpc) is 2.75. The summed E-state index contributed by atoms with van der Waals surface area (Å²) in [5, 5.41) is 13.0. The Kier molecular flexibility index (Phi) is 3.27. The highest BCUT2D eigenvalue weighted by Crippen LogP contribution is 2.29. The van der Waals surface area contributed by atoms with Crippen molar-refractivity contribution in [1.29, 1.82) is 0 Å². The summed E-state index contributed by atoms with van der Waals surface area (Å²) in [6.45, 7) is 0.341. The molecule has 6 nitrogen and oxygen atoms in total. The smallest absolute Gasteiger partial charge is 0.412 e. The number of cyclic esters (lactones) is 1. The van der Waals surface area contributed by atoms with Crippen LogP contribution in [0, 0.1) is 10.1 Å². The van der Waals surface area contributed by atoms with Crippen LogP contribution < -0.4 is 5.32 Å². The van der Waals surface area contributed by atoms with Gasteiger partial charge in [-0.05, 0) is 40.3 Å². The minimum Gasteiger partial charge on any atom is -0.412 e. The zero-order valence-electron chi connectivity index (χ0n) is 8.47. The SMILES string of the molecule is O=C1NC/C(=C(\I)c2ccc([N+](=O)[O-])cc2)O1. The van der Waals surface area contributed by atoms with Crippen LogP contribution in [0.25, 0.3) is 3.58 Å². The number of carbonyl (C=O) groups is 1. The average molecular weight is 346 g/mol. The Labute approximate surface area is 110 Å². The summed E-state index contributed by atoms with van der Waals surface area (Å²) >= 11 is 2.04. The van der Waals surface area contributed by atoms with E-state index in [1.54, 1.807) is 12.1 Å². The third-order valence-electron chi connectivity index (χ3n) is 2.19. The number of halogens is 1. The fraction of sp³-hybridized carbons (Fsp3) is 0.100. The lowest BCUT2D eigenvalue weighted by molar-refractivity contribution is -0.384. The Morgan fingerprint density at radius 1 is 1.41 bits per heavy atom. The molecule has 17 heavy (non-hydrogen) atoms. The standard InChI is InChI=1S/C10H7IN2O4/c11-9(8-5-12-10(14)17-8)6-1-3-7(4-2-6)13(15)16/h1-4H,5H2,(H,12,14)/b9-8+. The number of nitrogens with zero attached hydrogens (tertiary/aromatic N) is 1. The first-order chi connectivity index (χ1) is 8.08. The number of nitrogens with one attached hydrogen (secondary N) is 1. The number of nitro benzene ring substituents is 1. The molecule has 1 aliphatic rings. The minimum atomic E-state index is -0.476. The molecule has 1 aromatic rings. The molecular weight excluding hydrogens is 339 g/mol. The Bertz CT molecular complexity index is 510. The maximum atomic E-state index is 10.9. The molecule has 1 aromatic carbocycles. The molecule has 0 spiro atoms. The molecule has 1 heterocycles. The Balaban J connectivity index is 2.28. The van der Waals surface area contributed by atoms with Crippen LogP contribution in [0.15, 0.2) is 30.0 Å². The molecular formula is C10H7IN2O4. The summed E-state index contributed by atoms with van der Waals surface area (Å²) in [7, 11) is 0. The van der Waals surface area contributed by atoms with E-state index >= 15 is 0 Å². The van der Waals surface area contributed by atoms with E-state index in [1.807, 2.05) is 22.6 Å². The van der Waals surface area contributed by atoms with Crippen molar-refractivity contribution in [1.82, 2.24) is 5.32 Å². The van der Waals surface area contributed by atoms with Gasteiger partial charge < -0.3 is 10.1 Å². The molecule has 0 saturated carbocycles. The minimum absolute atomic E-state index is 0.0319. The molecule has 0 aliphatic carbocycles. The van der Waals surface area contributed by atoms with Crippen LogP contribution in [0.5, 0.6) is 0 Å². The van der Waals surface area contributed by atoms with Crippen LogP contribution in [0.3, 0.4) is 0 Å². The second-order valence-corrected chi connectivity index (χ2v) is 4.36. The van der Waals surface area contributed by atoms with E-state index in [4.69, 9.17) is 4.74 Å². The number of carbonyl (C=O) groups excluding carboxylic acids is 1.